The summed E-state index contributed by atoms with van der Waals surface area (Å²) >= 11 is 0. The lowest BCUT2D eigenvalue weighted by Crippen LogP contribution is -2.32. The number of aryl methyl sites for hydroxylation is 4. The molecule has 0 bridgehead atoms. The van der Waals surface area contributed by atoms with Crippen LogP contribution in [0.4, 0.5) is 0 Å². The lowest BCUT2D eigenvalue weighted by Gasteiger charge is -2.19. The van der Waals surface area contributed by atoms with Gasteiger partial charge in [-0.25, -0.2) is 0 Å². The van der Waals surface area contributed by atoms with E-state index >= 15 is 0 Å². The molecule has 0 aliphatic carbocycles. The molecule has 3 nitrogen and oxygen atoms in total. The zero-order valence-electron chi connectivity index (χ0n) is 15.3. The minimum absolute atomic E-state index is 0.0140. The molecule has 1 amide bonds. The summed E-state index contributed by atoms with van der Waals surface area (Å²) in [6.07, 6.45) is 0.845. The molecule has 128 valence electrons. The summed E-state index contributed by atoms with van der Waals surface area (Å²) in [5.41, 5.74) is 6.02. The molecule has 1 atom stereocenters. The van der Waals surface area contributed by atoms with Crippen LogP contribution < -0.4 is 10.1 Å². The van der Waals surface area contributed by atoms with Crippen molar-refractivity contribution in [1.29, 1.82) is 0 Å². The smallest absolute Gasteiger partial charge is 0.258 e. The SMILES string of the molecule is CC[C@H](NC(=O)COc1ccc(C)c(C)c1)c1ccc(C)c(C)c1. The van der Waals surface area contributed by atoms with E-state index in [-0.39, 0.29) is 18.6 Å². The van der Waals surface area contributed by atoms with E-state index in [1.165, 1.54) is 16.7 Å². The van der Waals surface area contributed by atoms with Gasteiger partial charge in [0.15, 0.2) is 6.61 Å². The lowest BCUT2D eigenvalue weighted by molar-refractivity contribution is -0.123. The first-order valence-electron chi connectivity index (χ1n) is 8.47. The van der Waals surface area contributed by atoms with Gasteiger partial charge in [0.05, 0.1) is 6.04 Å². The molecule has 0 fully saturated rings. The maximum atomic E-state index is 12.2. The van der Waals surface area contributed by atoms with Gasteiger partial charge in [-0.3, -0.25) is 4.79 Å². The van der Waals surface area contributed by atoms with E-state index in [1.807, 2.05) is 25.1 Å². The molecule has 0 aromatic heterocycles. The normalized spacial score (nSPS) is 11.9. The molecule has 2 aromatic rings. The molecule has 2 rings (SSSR count). The van der Waals surface area contributed by atoms with Crippen LogP contribution in [-0.4, -0.2) is 12.5 Å². The van der Waals surface area contributed by atoms with Crippen molar-refractivity contribution in [3.63, 3.8) is 0 Å². The van der Waals surface area contributed by atoms with Crippen LogP contribution in [0.5, 0.6) is 5.75 Å². The van der Waals surface area contributed by atoms with Crippen molar-refractivity contribution < 1.29 is 9.53 Å². The molecule has 0 heterocycles. The van der Waals surface area contributed by atoms with Gasteiger partial charge in [0.1, 0.15) is 5.75 Å². The van der Waals surface area contributed by atoms with Crippen LogP contribution in [0.1, 0.15) is 47.2 Å². The third-order valence-electron chi connectivity index (χ3n) is 4.53. The summed E-state index contributed by atoms with van der Waals surface area (Å²) in [5, 5.41) is 3.06. The van der Waals surface area contributed by atoms with Crippen LogP contribution in [0.25, 0.3) is 0 Å². The summed E-state index contributed by atoms with van der Waals surface area (Å²) in [7, 11) is 0. The van der Waals surface area contributed by atoms with Gasteiger partial charge >= 0.3 is 0 Å². The number of rotatable bonds is 6. The summed E-state index contributed by atoms with van der Waals surface area (Å²) in [6, 6.07) is 12.2. The Labute approximate surface area is 145 Å². The van der Waals surface area contributed by atoms with Gasteiger partial charge in [0.25, 0.3) is 5.91 Å². The number of carbonyl (C=O) groups excluding carboxylic acids is 1. The monoisotopic (exact) mass is 325 g/mol. The highest BCUT2D eigenvalue weighted by Crippen LogP contribution is 2.20. The molecular formula is C21H27NO2. The van der Waals surface area contributed by atoms with Gasteiger partial charge < -0.3 is 10.1 Å². The quantitative estimate of drug-likeness (QED) is 0.845. The Morgan fingerprint density at radius 1 is 0.958 bits per heavy atom. The van der Waals surface area contributed by atoms with Gasteiger partial charge in [-0.15, -0.1) is 0 Å². The van der Waals surface area contributed by atoms with E-state index in [9.17, 15) is 4.79 Å². The second kappa shape index (κ2) is 8.00. The van der Waals surface area contributed by atoms with Crippen LogP contribution in [-0.2, 0) is 4.79 Å². The van der Waals surface area contributed by atoms with Crippen LogP contribution in [0.3, 0.4) is 0 Å². The van der Waals surface area contributed by atoms with Gasteiger partial charge in [0, 0.05) is 0 Å². The highest BCUT2D eigenvalue weighted by molar-refractivity contribution is 5.78. The van der Waals surface area contributed by atoms with E-state index in [0.29, 0.717) is 0 Å². The van der Waals surface area contributed by atoms with E-state index in [2.05, 4.69) is 51.2 Å². The number of carbonyl (C=O) groups is 1. The number of benzene rings is 2. The molecule has 0 saturated carbocycles. The first-order valence-corrected chi connectivity index (χ1v) is 8.47. The minimum atomic E-state index is -0.0988. The summed E-state index contributed by atoms with van der Waals surface area (Å²) in [4.78, 5) is 12.2. The van der Waals surface area contributed by atoms with Crippen molar-refractivity contribution in [3.05, 3.63) is 64.2 Å². The number of amides is 1. The Morgan fingerprint density at radius 2 is 1.58 bits per heavy atom. The zero-order chi connectivity index (χ0) is 17.7. The Kier molecular flexibility index (Phi) is 6.02. The first kappa shape index (κ1) is 18.1. The molecule has 0 unspecified atom stereocenters. The van der Waals surface area contributed by atoms with Crippen LogP contribution in [0.2, 0.25) is 0 Å². The van der Waals surface area contributed by atoms with E-state index in [1.54, 1.807) is 0 Å². The predicted octanol–water partition coefficient (Wildman–Crippen LogP) is 4.57. The van der Waals surface area contributed by atoms with Gasteiger partial charge in [-0.2, -0.15) is 0 Å². The molecular weight excluding hydrogens is 298 g/mol. The molecule has 0 radical (unpaired) electrons. The summed E-state index contributed by atoms with van der Waals surface area (Å²) in [6.45, 7) is 10.4. The number of hydrogen-bond acceptors (Lipinski definition) is 2. The summed E-state index contributed by atoms with van der Waals surface area (Å²) < 4.78 is 5.62. The molecule has 0 spiro atoms. The first-order chi connectivity index (χ1) is 11.4. The summed E-state index contributed by atoms with van der Waals surface area (Å²) in [5.74, 6) is 0.630. The minimum Gasteiger partial charge on any atom is -0.484 e. The molecule has 0 aliphatic heterocycles. The van der Waals surface area contributed by atoms with Crippen LogP contribution >= 0.6 is 0 Å². The molecule has 1 N–H and O–H groups in total. The van der Waals surface area contributed by atoms with Crippen molar-refractivity contribution >= 4 is 5.91 Å². The van der Waals surface area contributed by atoms with Crippen molar-refractivity contribution in [2.75, 3.05) is 6.61 Å². The highest BCUT2D eigenvalue weighted by Gasteiger charge is 2.14. The predicted molar refractivity (Wildman–Crippen MR) is 98.5 cm³/mol. The number of hydrogen-bond donors (Lipinski definition) is 1. The highest BCUT2D eigenvalue weighted by atomic mass is 16.5. The third kappa shape index (κ3) is 4.60. The Bertz CT molecular complexity index is 722. The van der Waals surface area contributed by atoms with Crippen LogP contribution in [0, 0.1) is 27.7 Å². The maximum Gasteiger partial charge on any atom is 0.258 e. The van der Waals surface area contributed by atoms with E-state index in [4.69, 9.17) is 4.74 Å². The Hall–Kier alpha value is -2.29. The topological polar surface area (TPSA) is 38.3 Å². The standard InChI is InChI=1S/C21H27NO2/c1-6-20(18-9-7-14(2)16(4)11-18)22-21(23)13-24-19-10-8-15(3)17(5)12-19/h7-12,20H,6,13H2,1-5H3,(H,22,23)/t20-/m0/s1. The van der Waals surface area contributed by atoms with E-state index in [0.717, 1.165) is 23.3 Å². The molecule has 0 aliphatic rings. The second-order valence-corrected chi connectivity index (χ2v) is 6.41. The number of ether oxygens (including phenoxy) is 1. The van der Waals surface area contributed by atoms with Crippen molar-refractivity contribution in [3.8, 4) is 5.75 Å². The number of nitrogens with one attached hydrogen (secondary N) is 1. The van der Waals surface area contributed by atoms with Gasteiger partial charge in [-0.05, 0) is 74.1 Å². The second-order valence-electron chi connectivity index (χ2n) is 6.41. The van der Waals surface area contributed by atoms with Crippen molar-refractivity contribution in [1.82, 2.24) is 5.32 Å². The molecule has 0 saturated heterocycles. The average molecular weight is 325 g/mol. The lowest BCUT2D eigenvalue weighted by atomic mass is 9.99. The molecule has 24 heavy (non-hydrogen) atoms. The molecule has 3 heteroatoms. The van der Waals surface area contributed by atoms with Crippen LogP contribution in [0.15, 0.2) is 36.4 Å². The fourth-order valence-electron chi connectivity index (χ4n) is 2.59. The van der Waals surface area contributed by atoms with Gasteiger partial charge in [-0.1, -0.05) is 31.2 Å². The van der Waals surface area contributed by atoms with Gasteiger partial charge in [0.2, 0.25) is 0 Å². The fraction of sp³-hybridized carbons (Fsp3) is 0.381. The average Bonchev–Trinajstić information content (AvgIpc) is 2.56. The van der Waals surface area contributed by atoms with Crippen molar-refractivity contribution in [2.24, 2.45) is 0 Å². The largest absolute Gasteiger partial charge is 0.484 e. The third-order valence-corrected chi connectivity index (χ3v) is 4.53. The van der Waals surface area contributed by atoms with E-state index < -0.39 is 0 Å². The Morgan fingerprint density at radius 3 is 2.17 bits per heavy atom. The van der Waals surface area contributed by atoms with Crippen molar-refractivity contribution in [2.45, 2.75) is 47.1 Å². The fourth-order valence-corrected chi connectivity index (χ4v) is 2.59. The Balaban J connectivity index is 1.96. The molecule has 2 aromatic carbocycles. The zero-order valence-corrected chi connectivity index (χ0v) is 15.3. The maximum absolute atomic E-state index is 12.2.